The van der Waals surface area contributed by atoms with E-state index in [2.05, 4.69) is 9.50 Å². The van der Waals surface area contributed by atoms with Crippen LogP contribution >= 0.6 is 0 Å². The predicted molar refractivity (Wildman–Crippen MR) is 66.9 cm³/mol. The molecule has 1 fully saturated rings. The van der Waals surface area contributed by atoms with E-state index in [-0.39, 0.29) is 17.9 Å². The summed E-state index contributed by atoms with van der Waals surface area (Å²) in [5.41, 5.74) is 0.908. The second kappa shape index (κ2) is 5.28. The Balaban J connectivity index is 2.09. The topological polar surface area (TPSA) is 92.7 Å². The van der Waals surface area contributed by atoms with E-state index in [4.69, 9.17) is 0 Å². The molecule has 0 spiro atoms. The minimum Gasteiger partial charge on any atom is -0.392 e. The molecule has 1 heterocycles. The van der Waals surface area contributed by atoms with Crippen LogP contribution in [0.3, 0.4) is 0 Å². The molecular weight excluding hydrogens is 270 g/mol. The van der Waals surface area contributed by atoms with Gasteiger partial charge in [0.1, 0.15) is 10.9 Å². The Morgan fingerprint density at radius 1 is 1.37 bits per heavy atom. The zero-order valence-corrected chi connectivity index (χ0v) is 11.2. The van der Waals surface area contributed by atoms with E-state index in [1.54, 1.807) is 12.1 Å². The molecule has 2 N–H and O–H groups in total. The summed E-state index contributed by atoms with van der Waals surface area (Å²) in [4.78, 5) is 11.6. The van der Waals surface area contributed by atoms with Crippen LogP contribution in [0.25, 0.3) is 0 Å². The molecule has 6 nitrogen and oxygen atoms in total. The number of hydrogen-bond donors (Lipinski definition) is 2. The molecule has 1 aromatic carbocycles. The number of nitrogens with one attached hydrogen (secondary N) is 1. The maximum Gasteiger partial charge on any atom is 0.341 e. The largest absolute Gasteiger partial charge is 0.392 e. The summed E-state index contributed by atoms with van der Waals surface area (Å²) in [6.07, 6.45) is -0.498. The molecule has 104 valence electrons. The summed E-state index contributed by atoms with van der Waals surface area (Å²) < 4.78 is 28.3. The van der Waals surface area contributed by atoms with Gasteiger partial charge in [0.05, 0.1) is 6.10 Å². The van der Waals surface area contributed by atoms with Crippen molar-refractivity contribution < 1.29 is 22.5 Å². The van der Waals surface area contributed by atoms with Crippen LogP contribution in [0.2, 0.25) is 0 Å². The van der Waals surface area contributed by atoms with E-state index in [1.807, 2.05) is 6.92 Å². The van der Waals surface area contributed by atoms with Crippen LogP contribution in [-0.2, 0) is 19.1 Å². The van der Waals surface area contributed by atoms with Gasteiger partial charge in [-0.15, -0.1) is 0 Å². The van der Waals surface area contributed by atoms with E-state index in [0.717, 1.165) is 5.56 Å². The molecule has 2 rings (SSSR count). The zero-order valence-electron chi connectivity index (χ0n) is 10.4. The fourth-order valence-corrected chi connectivity index (χ4v) is 2.71. The number of aliphatic hydroxyl groups is 1. The van der Waals surface area contributed by atoms with Crippen molar-refractivity contribution in [3.8, 4) is 0 Å². The molecule has 0 amide bonds. The summed E-state index contributed by atoms with van der Waals surface area (Å²) in [6.45, 7) is 2.08. The normalized spacial score (nSPS) is 23.3. The average molecular weight is 285 g/mol. The lowest BCUT2D eigenvalue weighted by Gasteiger charge is -2.10. The van der Waals surface area contributed by atoms with Crippen LogP contribution in [0.1, 0.15) is 12.0 Å². The Morgan fingerprint density at radius 3 is 2.53 bits per heavy atom. The molecule has 0 radical (unpaired) electrons. The first-order valence-electron chi connectivity index (χ1n) is 5.85. The molecular formula is C12H15NO5S. The maximum absolute atomic E-state index is 11.9. The van der Waals surface area contributed by atoms with Crippen LogP contribution < -0.4 is 5.32 Å². The van der Waals surface area contributed by atoms with Crippen LogP contribution in [0.15, 0.2) is 29.2 Å². The van der Waals surface area contributed by atoms with E-state index < -0.39 is 28.2 Å². The number of rotatable bonds is 3. The fraction of sp³-hybridized carbons (Fsp3) is 0.417. The van der Waals surface area contributed by atoms with Crippen molar-refractivity contribution >= 4 is 16.1 Å². The van der Waals surface area contributed by atoms with Crippen molar-refractivity contribution in [1.29, 1.82) is 0 Å². The van der Waals surface area contributed by atoms with Crippen LogP contribution in [0, 0.1) is 6.92 Å². The van der Waals surface area contributed by atoms with Gasteiger partial charge in [-0.05, 0) is 19.1 Å². The molecule has 0 saturated carbocycles. The van der Waals surface area contributed by atoms with Gasteiger partial charge in [-0.25, -0.2) is 4.79 Å². The number of carbonyl (C=O) groups is 1. The molecule has 1 aliphatic rings. The van der Waals surface area contributed by atoms with E-state index >= 15 is 0 Å². The van der Waals surface area contributed by atoms with Gasteiger partial charge in [-0.3, -0.25) is 0 Å². The molecule has 2 atom stereocenters. The lowest BCUT2D eigenvalue weighted by molar-refractivity contribution is -0.135. The minimum atomic E-state index is -4.10. The summed E-state index contributed by atoms with van der Waals surface area (Å²) in [5.74, 6) is -0.892. The molecule has 1 saturated heterocycles. The quantitative estimate of drug-likeness (QED) is 0.756. The van der Waals surface area contributed by atoms with Gasteiger partial charge in [-0.1, -0.05) is 17.7 Å². The standard InChI is InChI=1S/C12H15NO5S/c1-8-2-4-10(5-3-8)19(16,17)18-12(15)11-6-9(14)7-13-11/h2-5,9,11,13-14H,6-7H2,1H3/t9-,11+/m1/s1. The van der Waals surface area contributed by atoms with Crippen LogP contribution in [-0.4, -0.2) is 38.2 Å². The van der Waals surface area contributed by atoms with E-state index in [1.165, 1.54) is 12.1 Å². The summed E-state index contributed by atoms with van der Waals surface area (Å²) >= 11 is 0. The number of carbonyl (C=O) groups excluding carboxylic acids is 1. The number of aryl methyl sites for hydroxylation is 1. The molecule has 1 aromatic rings. The van der Waals surface area contributed by atoms with Crippen LogP contribution in [0.4, 0.5) is 0 Å². The summed E-state index contributed by atoms with van der Waals surface area (Å²) in [5, 5.41) is 12.0. The number of β-amino-alcohol motifs (C(OH)–C–C–N with tert-alkyl or cyclic N) is 1. The Hall–Kier alpha value is -1.44. The molecule has 1 aliphatic heterocycles. The Kier molecular flexibility index (Phi) is 3.88. The van der Waals surface area contributed by atoms with Crippen molar-refractivity contribution in [2.45, 2.75) is 30.4 Å². The number of benzene rings is 1. The molecule has 0 bridgehead atoms. The highest BCUT2D eigenvalue weighted by molar-refractivity contribution is 7.87. The van der Waals surface area contributed by atoms with E-state index in [9.17, 15) is 18.3 Å². The highest BCUT2D eigenvalue weighted by atomic mass is 32.2. The van der Waals surface area contributed by atoms with Crippen LogP contribution in [0.5, 0.6) is 0 Å². The predicted octanol–water partition coefficient (Wildman–Crippen LogP) is -0.0503. The van der Waals surface area contributed by atoms with Crippen molar-refractivity contribution in [3.05, 3.63) is 29.8 Å². The Labute approximate surface area is 111 Å². The highest BCUT2D eigenvalue weighted by Gasteiger charge is 2.32. The van der Waals surface area contributed by atoms with Crippen molar-refractivity contribution in [2.24, 2.45) is 0 Å². The lowest BCUT2D eigenvalue weighted by atomic mass is 10.2. The third kappa shape index (κ3) is 3.31. The fourth-order valence-electron chi connectivity index (χ4n) is 1.82. The van der Waals surface area contributed by atoms with Gasteiger partial charge in [-0.2, -0.15) is 8.42 Å². The molecule has 0 aromatic heterocycles. The second-order valence-electron chi connectivity index (χ2n) is 4.52. The number of aliphatic hydroxyl groups excluding tert-OH is 1. The maximum atomic E-state index is 11.9. The lowest BCUT2D eigenvalue weighted by Crippen LogP contribution is -2.33. The average Bonchev–Trinajstić information content (AvgIpc) is 2.76. The van der Waals surface area contributed by atoms with Gasteiger partial charge in [0.15, 0.2) is 0 Å². The molecule has 19 heavy (non-hydrogen) atoms. The Bertz CT molecular complexity index is 566. The molecule has 7 heteroatoms. The third-order valence-corrected chi connectivity index (χ3v) is 4.13. The van der Waals surface area contributed by atoms with E-state index in [0.29, 0.717) is 0 Å². The first-order valence-corrected chi connectivity index (χ1v) is 7.26. The van der Waals surface area contributed by atoms with Gasteiger partial charge in [0, 0.05) is 13.0 Å². The highest BCUT2D eigenvalue weighted by Crippen LogP contribution is 2.16. The van der Waals surface area contributed by atoms with Gasteiger partial charge >= 0.3 is 16.1 Å². The summed E-state index contributed by atoms with van der Waals surface area (Å²) in [7, 11) is -4.10. The zero-order chi connectivity index (χ0) is 14.0. The van der Waals surface area contributed by atoms with Gasteiger partial charge < -0.3 is 14.6 Å². The Morgan fingerprint density at radius 2 is 2.00 bits per heavy atom. The van der Waals surface area contributed by atoms with Crippen molar-refractivity contribution in [3.63, 3.8) is 0 Å². The summed E-state index contributed by atoms with van der Waals surface area (Å²) in [6, 6.07) is 5.23. The first kappa shape index (κ1) is 14.0. The monoisotopic (exact) mass is 285 g/mol. The minimum absolute atomic E-state index is 0.0648. The van der Waals surface area contributed by atoms with Gasteiger partial charge in [0.2, 0.25) is 0 Å². The van der Waals surface area contributed by atoms with Gasteiger partial charge in [0.25, 0.3) is 0 Å². The van der Waals surface area contributed by atoms with Crippen molar-refractivity contribution in [2.75, 3.05) is 6.54 Å². The first-order chi connectivity index (χ1) is 8.88. The second-order valence-corrected chi connectivity index (χ2v) is 6.07. The smallest absolute Gasteiger partial charge is 0.341 e. The van der Waals surface area contributed by atoms with Crippen molar-refractivity contribution in [1.82, 2.24) is 5.32 Å². The molecule has 0 aliphatic carbocycles. The third-order valence-electron chi connectivity index (χ3n) is 2.89. The molecule has 0 unspecified atom stereocenters. The number of hydrogen-bond acceptors (Lipinski definition) is 6. The SMILES string of the molecule is Cc1ccc(S(=O)(=O)OC(=O)[C@@H]2C[C@@H](O)CN2)cc1.